The van der Waals surface area contributed by atoms with Crippen LogP contribution in [0.15, 0.2) is 30.3 Å². The standard InChI is InChI=1S/C20H29N5OS/c1-14-12-24(19(26)18(21)20(2,3)27-4)13-17-23-22-16(25(14)17)11-10-15-8-6-5-7-9-15/h5-9,14,18H,10-13,21H2,1-4H3/t14-,18+/m0/s1. The number of hydrogen-bond donors (Lipinski definition) is 1. The van der Waals surface area contributed by atoms with E-state index < -0.39 is 6.04 Å². The number of carbonyl (C=O) groups excluding carboxylic acids is 1. The predicted molar refractivity (Wildman–Crippen MR) is 110 cm³/mol. The summed E-state index contributed by atoms with van der Waals surface area (Å²) in [7, 11) is 0. The van der Waals surface area contributed by atoms with E-state index in [0.717, 1.165) is 24.5 Å². The third-order valence-electron chi connectivity index (χ3n) is 5.43. The number of rotatable bonds is 6. The molecule has 0 aliphatic carbocycles. The molecule has 2 aromatic rings. The Morgan fingerprint density at radius 2 is 2.00 bits per heavy atom. The van der Waals surface area contributed by atoms with Crippen molar-refractivity contribution in [2.75, 3.05) is 12.8 Å². The van der Waals surface area contributed by atoms with Crippen LogP contribution in [-0.4, -0.2) is 49.2 Å². The molecule has 0 unspecified atom stereocenters. The first-order chi connectivity index (χ1) is 12.8. The van der Waals surface area contributed by atoms with E-state index in [2.05, 4.69) is 46.0 Å². The van der Waals surface area contributed by atoms with Gasteiger partial charge in [-0.25, -0.2) is 0 Å². The second kappa shape index (κ2) is 8.02. The molecule has 0 bridgehead atoms. The van der Waals surface area contributed by atoms with E-state index in [1.54, 1.807) is 11.8 Å². The second-order valence-electron chi connectivity index (χ2n) is 7.74. The van der Waals surface area contributed by atoms with Gasteiger partial charge in [0.1, 0.15) is 5.82 Å². The van der Waals surface area contributed by atoms with Gasteiger partial charge in [-0.15, -0.1) is 10.2 Å². The Balaban J connectivity index is 1.72. The van der Waals surface area contributed by atoms with Gasteiger partial charge >= 0.3 is 0 Å². The van der Waals surface area contributed by atoms with Crippen molar-refractivity contribution >= 4 is 17.7 Å². The highest BCUT2D eigenvalue weighted by Crippen LogP contribution is 2.28. The van der Waals surface area contributed by atoms with Gasteiger partial charge in [0, 0.05) is 17.7 Å². The first-order valence-corrected chi connectivity index (χ1v) is 10.6. The quantitative estimate of drug-likeness (QED) is 0.824. The molecule has 1 aromatic carbocycles. The molecule has 2 N–H and O–H groups in total. The fraction of sp³-hybridized carbons (Fsp3) is 0.550. The topological polar surface area (TPSA) is 77.0 Å². The third-order valence-corrected chi connectivity index (χ3v) is 6.73. The van der Waals surface area contributed by atoms with Gasteiger partial charge in [0.15, 0.2) is 5.82 Å². The monoisotopic (exact) mass is 387 g/mol. The maximum absolute atomic E-state index is 12.9. The number of benzene rings is 1. The van der Waals surface area contributed by atoms with Gasteiger partial charge in [0.05, 0.1) is 18.6 Å². The molecule has 1 aliphatic heterocycles. The molecule has 27 heavy (non-hydrogen) atoms. The minimum absolute atomic E-state index is 0.0127. The van der Waals surface area contributed by atoms with Gasteiger partial charge in [-0.2, -0.15) is 11.8 Å². The molecular weight excluding hydrogens is 358 g/mol. The highest BCUT2D eigenvalue weighted by molar-refractivity contribution is 8.00. The number of hydrogen-bond acceptors (Lipinski definition) is 5. The number of aryl methyl sites for hydroxylation is 2. The molecule has 1 aliphatic rings. The summed E-state index contributed by atoms with van der Waals surface area (Å²) in [5.74, 6) is 1.82. The van der Waals surface area contributed by atoms with Crippen molar-refractivity contribution in [2.24, 2.45) is 5.73 Å². The molecule has 0 saturated heterocycles. The highest BCUT2D eigenvalue weighted by atomic mass is 32.2. The Morgan fingerprint density at radius 3 is 2.67 bits per heavy atom. The molecule has 3 rings (SSSR count). The van der Waals surface area contributed by atoms with E-state index in [1.165, 1.54) is 5.56 Å². The molecule has 1 amide bonds. The number of nitrogens with zero attached hydrogens (tertiary/aromatic N) is 4. The van der Waals surface area contributed by atoms with E-state index in [4.69, 9.17) is 5.73 Å². The molecule has 0 radical (unpaired) electrons. The summed E-state index contributed by atoms with van der Waals surface area (Å²) in [5, 5.41) is 8.77. The van der Waals surface area contributed by atoms with Crippen LogP contribution in [0, 0.1) is 0 Å². The van der Waals surface area contributed by atoms with Gasteiger partial charge in [-0.3, -0.25) is 4.79 Å². The lowest BCUT2D eigenvalue weighted by molar-refractivity contribution is -0.135. The molecule has 2 atom stereocenters. The molecular formula is C20H29N5OS. The molecule has 7 heteroatoms. The molecule has 0 fully saturated rings. The fourth-order valence-corrected chi connectivity index (χ4v) is 3.83. The van der Waals surface area contributed by atoms with Crippen LogP contribution in [0.2, 0.25) is 0 Å². The largest absolute Gasteiger partial charge is 0.332 e. The second-order valence-corrected chi connectivity index (χ2v) is 9.20. The van der Waals surface area contributed by atoms with Crippen molar-refractivity contribution in [3.63, 3.8) is 0 Å². The summed E-state index contributed by atoms with van der Waals surface area (Å²) < 4.78 is 1.89. The summed E-state index contributed by atoms with van der Waals surface area (Å²) in [5.41, 5.74) is 7.56. The minimum Gasteiger partial charge on any atom is -0.332 e. The number of thioether (sulfide) groups is 1. The van der Waals surface area contributed by atoms with Crippen LogP contribution in [0.1, 0.15) is 44.0 Å². The normalized spacial score (nSPS) is 18.3. The first kappa shape index (κ1) is 19.9. The van der Waals surface area contributed by atoms with Crippen molar-refractivity contribution in [1.29, 1.82) is 0 Å². The van der Waals surface area contributed by atoms with E-state index in [-0.39, 0.29) is 16.7 Å². The van der Waals surface area contributed by atoms with Crippen molar-refractivity contribution in [3.8, 4) is 0 Å². The first-order valence-electron chi connectivity index (χ1n) is 9.39. The highest BCUT2D eigenvalue weighted by Gasteiger charge is 2.37. The lowest BCUT2D eigenvalue weighted by Crippen LogP contribution is -2.55. The number of carbonyl (C=O) groups is 1. The molecule has 2 heterocycles. The van der Waals surface area contributed by atoms with Crippen molar-refractivity contribution in [3.05, 3.63) is 47.5 Å². The summed E-state index contributed by atoms with van der Waals surface area (Å²) in [6.07, 6.45) is 3.76. The number of nitrogens with two attached hydrogens (primary N) is 1. The lowest BCUT2D eigenvalue weighted by atomic mass is 10.0. The lowest BCUT2D eigenvalue weighted by Gasteiger charge is -2.37. The van der Waals surface area contributed by atoms with Crippen LogP contribution in [-0.2, 0) is 24.2 Å². The molecule has 6 nitrogen and oxygen atoms in total. The zero-order chi connectivity index (χ0) is 19.6. The third kappa shape index (κ3) is 4.19. The summed E-state index contributed by atoms with van der Waals surface area (Å²) in [6.45, 7) is 7.25. The number of aromatic nitrogens is 3. The van der Waals surface area contributed by atoms with Gasteiger partial charge in [-0.05, 0) is 39.0 Å². The van der Waals surface area contributed by atoms with Gasteiger partial charge < -0.3 is 15.2 Å². The van der Waals surface area contributed by atoms with Crippen molar-refractivity contribution in [1.82, 2.24) is 19.7 Å². The van der Waals surface area contributed by atoms with Gasteiger partial charge in [-0.1, -0.05) is 30.3 Å². The summed E-state index contributed by atoms with van der Waals surface area (Å²) >= 11 is 1.62. The minimum atomic E-state index is -0.535. The summed E-state index contributed by atoms with van der Waals surface area (Å²) in [6, 6.07) is 10.0. The molecule has 0 saturated carbocycles. The van der Waals surface area contributed by atoms with Crippen LogP contribution < -0.4 is 5.73 Å². The van der Waals surface area contributed by atoms with Gasteiger partial charge in [0.25, 0.3) is 0 Å². The number of fused-ring (bicyclic) bond motifs is 1. The van der Waals surface area contributed by atoms with Gasteiger partial charge in [0.2, 0.25) is 5.91 Å². The van der Waals surface area contributed by atoms with Crippen LogP contribution in [0.5, 0.6) is 0 Å². The SMILES string of the molecule is CSC(C)(C)[C@H](N)C(=O)N1Cc2nnc(CCc3ccccc3)n2[C@@H](C)C1. The van der Waals surface area contributed by atoms with Crippen LogP contribution in [0.4, 0.5) is 0 Å². The average Bonchev–Trinajstić information content (AvgIpc) is 3.09. The Kier molecular flexibility index (Phi) is 5.91. The Hall–Kier alpha value is -1.86. The van der Waals surface area contributed by atoms with E-state index in [1.807, 2.05) is 31.1 Å². The maximum atomic E-state index is 12.9. The van der Waals surface area contributed by atoms with E-state index >= 15 is 0 Å². The Labute approximate surface area is 165 Å². The Morgan fingerprint density at radius 1 is 1.30 bits per heavy atom. The molecule has 146 valence electrons. The summed E-state index contributed by atoms with van der Waals surface area (Å²) in [4.78, 5) is 14.7. The van der Waals surface area contributed by atoms with Crippen molar-refractivity contribution < 1.29 is 4.79 Å². The maximum Gasteiger partial charge on any atom is 0.241 e. The fourth-order valence-electron chi connectivity index (χ4n) is 3.47. The van der Waals surface area contributed by atoms with E-state index in [0.29, 0.717) is 13.1 Å². The zero-order valence-electron chi connectivity index (χ0n) is 16.6. The average molecular weight is 388 g/mol. The molecule has 0 spiro atoms. The number of amides is 1. The Bertz CT molecular complexity index is 789. The molecule has 1 aromatic heterocycles. The van der Waals surface area contributed by atoms with Crippen molar-refractivity contribution in [2.45, 2.75) is 57.0 Å². The zero-order valence-corrected chi connectivity index (χ0v) is 17.4. The smallest absolute Gasteiger partial charge is 0.241 e. The predicted octanol–water partition coefficient (Wildman–Crippen LogP) is 2.44. The van der Waals surface area contributed by atoms with Crippen LogP contribution in [0.25, 0.3) is 0 Å². The van der Waals surface area contributed by atoms with Crippen LogP contribution >= 0.6 is 11.8 Å². The van der Waals surface area contributed by atoms with E-state index in [9.17, 15) is 4.79 Å². The van der Waals surface area contributed by atoms with Crippen LogP contribution in [0.3, 0.4) is 0 Å².